The zero-order valence-corrected chi connectivity index (χ0v) is 12.7. The fourth-order valence-electron chi connectivity index (χ4n) is 2.40. The molecule has 0 aliphatic carbocycles. The van der Waals surface area contributed by atoms with E-state index in [-0.39, 0.29) is 5.91 Å². The Kier molecular flexibility index (Phi) is 4.55. The van der Waals surface area contributed by atoms with E-state index in [1.807, 2.05) is 19.9 Å². The monoisotopic (exact) mass is 296 g/mol. The van der Waals surface area contributed by atoms with Gasteiger partial charge in [0.1, 0.15) is 0 Å². The van der Waals surface area contributed by atoms with Gasteiger partial charge in [-0.2, -0.15) is 0 Å². The molecule has 0 atom stereocenters. The molecule has 0 radical (unpaired) electrons. The Labute approximate surface area is 124 Å². The first-order valence-corrected chi connectivity index (χ1v) is 7.36. The number of rotatable bonds is 3. The van der Waals surface area contributed by atoms with Gasteiger partial charge in [0.2, 0.25) is 0 Å². The number of nitrogens with one attached hydrogen (secondary N) is 1. The van der Waals surface area contributed by atoms with Crippen molar-refractivity contribution in [3.63, 3.8) is 0 Å². The molecule has 1 aromatic rings. The zero-order valence-electron chi connectivity index (χ0n) is 11.9. The smallest absolute Gasteiger partial charge is 0.256 e. The highest BCUT2D eigenvalue weighted by atomic mass is 35.5. The maximum Gasteiger partial charge on any atom is 0.256 e. The number of piperidine rings is 1. The minimum atomic E-state index is -0.657. The Balaban J connectivity index is 2.18. The zero-order chi connectivity index (χ0) is 14.8. The van der Waals surface area contributed by atoms with E-state index >= 15 is 0 Å². The number of benzene rings is 1. The molecule has 5 heteroatoms. The molecule has 1 aliphatic heterocycles. The quantitative estimate of drug-likeness (QED) is 0.902. The molecule has 0 aromatic heterocycles. The summed E-state index contributed by atoms with van der Waals surface area (Å²) in [6.07, 6.45) is 1.21. The number of carbonyl (C=O) groups is 1. The van der Waals surface area contributed by atoms with Crippen LogP contribution in [0.25, 0.3) is 0 Å². The van der Waals surface area contributed by atoms with E-state index in [0.717, 1.165) is 12.2 Å². The molecule has 1 fully saturated rings. The number of carbonyl (C=O) groups excluding carboxylic acids is 1. The molecule has 2 rings (SSSR count). The van der Waals surface area contributed by atoms with Crippen LogP contribution in [0.4, 0.5) is 5.69 Å². The largest absolute Gasteiger partial charge is 0.390 e. The van der Waals surface area contributed by atoms with E-state index in [2.05, 4.69) is 5.32 Å². The van der Waals surface area contributed by atoms with Crippen molar-refractivity contribution >= 4 is 23.2 Å². The highest BCUT2D eigenvalue weighted by molar-refractivity contribution is 6.31. The van der Waals surface area contributed by atoms with Gasteiger partial charge in [-0.05, 0) is 44.9 Å². The SMILES string of the molecule is CCNc1ccc(Cl)cc1C(=O)N1CCC(C)(O)CC1. The Morgan fingerprint density at radius 3 is 2.70 bits per heavy atom. The Bertz CT molecular complexity index is 493. The predicted octanol–water partition coefficient (Wildman–Crippen LogP) is 2.76. The van der Waals surface area contributed by atoms with Crippen LogP contribution >= 0.6 is 11.6 Å². The average Bonchev–Trinajstić information content (AvgIpc) is 2.40. The molecule has 0 saturated carbocycles. The van der Waals surface area contributed by atoms with E-state index in [1.54, 1.807) is 17.0 Å². The number of likely N-dealkylation sites (tertiary alicyclic amines) is 1. The van der Waals surface area contributed by atoms with Crippen molar-refractivity contribution in [2.24, 2.45) is 0 Å². The fraction of sp³-hybridized carbons (Fsp3) is 0.533. The van der Waals surface area contributed by atoms with E-state index in [9.17, 15) is 9.90 Å². The van der Waals surface area contributed by atoms with Crippen LogP contribution in [0.2, 0.25) is 5.02 Å². The van der Waals surface area contributed by atoms with E-state index in [4.69, 9.17) is 11.6 Å². The predicted molar refractivity (Wildman–Crippen MR) is 81.4 cm³/mol. The summed E-state index contributed by atoms with van der Waals surface area (Å²) in [5.74, 6) is -0.0287. The molecule has 0 spiro atoms. The third-order valence-electron chi connectivity index (χ3n) is 3.71. The number of hydrogen-bond donors (Lipinski definition) is 2. The first kappa shape index (κ1) is 15.1. The summed E-state index contributed by atoms with van der Waals surface area (Å²) in [7, 11) is 0. The van der Waals surface area contributed by atoms with Gasteiger partial charge in [0.15, 0.2) is 0 Å². The van der Waals surface area contributed by atoms with Crippen LogP contribution in [-0.4, -0.2) is 41.1 Å². The number of aliphatic hydroxyl groups is 1. The molecular formula is C15H21ClN2O2. The second-order valence-electron chi connectivity index (χ2n) is 5.51. The second kappa shape index (κ2) is 6.02. The topological polar surface area (TPSA) is 52.6 Å². The third kappa shape index (κ3) is 3.44. The first-order chi connectivity index (χ1) is 9.43. The van der Waals surface area contributed by atoms with Crippen LogP contribution in [0.15, 0.2) is 18.2 Å². The van der Waals surface area contributed by atoms with Gasteiger partial charge in [-0.15, -0.1) is 0 Å². The van der Waals surface area contributed by atoms with Crippen molar-refractivity contribution in [1.29, 1.82) is 0 Å². The molecule has 1 heterocycles. The van der Waals surface area contributed by atoms with E-state index in [1.165, 1.54) is 0 Å². The van der Waals surface area contributed by atoms with Crippen molar-refractivity contribution in [2.75, 3.05) is 25.0 Å². The molecule has 0 bridgehead atoms. The minimum Gasteiger partial charge on any atom is -0.390 e. The molecule has 2 N–H and O–H groups in total. The molecule has 20 heavy (non-hydrogen) atoms. The van der Waals surface area contributed by atoms with Crippen LogP contribution in [0.5, 0.6) is 0 Å². The highest BCUT2D eigenvalue weighted by Gasteiger charge is 2.30. The summed E-state index contributed by atoms with van der Waals surface area (Å²) >= 11 is 6.01. The molecule has 1 amide bonds. The van der Waals surface area contributed by atoms with Crippen molar-refractivity contribution in [3.05, 3.63) is 28.8 Å². The van der Waals surface area contributed by atoms with Crippen molar-refractivity contribution < 1.29 is 9.90 Å². The van der Waals surface area contributed by atoms with Crippen LogP contribution in [0.3, 0.4) is 0 Å². The lowest BCUT2D eigenvalue weighted by molar-refractivity contribution is -0.00199. The number of hydrogen-bond acceptors (Lipinski definition) is 3. The van der Waals surface area contributed by atoms with Crippen LogP contribution in [0, 0.1) is 0 Å². The summed E-state index contributed by atoms with van der Waals surface area (Å²) in [6.45, 7) is 5.70. The average molecular weight is 297 g/mol. The lowest BCUT2D eigenvalue weighted by Crippen LogP contribution is -2.45. The second-order valence-corrected chi connectivity index (χ2v) is 5.95. The molecule has 110 valence electrons. The van der Waals surface area contributed by atoms with Crippen molar-refractivity contribution in [3.8, 4) is 0 Å². The van der Waals surface area contributed by atoms with E-state index in [0.29, 0.717) is 36.5 Å². The van der Waals surface area contributed by atoms with Gasteiger partial charge in [0.25, 0.3) is 5.91 Å². The lowest BCUT2D eigenvalue weighted by atomic mass is 9.93. The first-order valence-electron chi connectivity index (χ1n) is 6.98. The van der Waals surface area contributed by atoms with Crippen LogP contribution in [0.1, 0.15) is 37.0 Å². The highest BCUT2D eigenvalue weighted by Crippen LogP contribution is 2.26. The van der Waals surface area contributed by atoms with Gasteiger partial charge in [-0.1, -0.05) is 11.6 Å². The Morgan fingerprint density at radius 2 is 2.10 bits per heavy atom. The van der Waals surface area contributed by atoms with Gasteiger partial charge in [0, 0.05) is 30.3 Å². The normalized spacial score (nSPS) is 17.9. The van der Waals surface area contributed by atoms with Crippen molar-refractivity contribution in [2.45, 2.75) is 32.3 Å². The maximum atomic E-state index is 12.6. The number of anilines is 1. The van der Waals surface area contributed by atoms with Gasteiger partial charge < -0.3 is 15.3 Å². The summed E-state index contributed by atoms with van der Waals surface area (Å²) in [5, 5.41) is 13.7. The molecular weight excluding hydrogens is 276 g/mol. The van der Waals surface area contributed by atoms with Crippen molar-refractivity contribution in [1.82, 2.24) is 4.90 Å². The molecule has 1 saturated heterocycles. The standard InChI is InChI=1S/C15H21ClN2O2/c1-3-17-13-5-4-11(16)10-12(13)14(19)18-8-6-15(2,20)7-9-18/h4-5,10,17,20H,3,6-9H2,1-2H3. The van der Waals surface area contributed by atoms with Gasteiger partial charge in [0.05, 0.1) is 11.2 Å². The molecule has 0 unspecified atom stereocenters. The molecule has 4 nitrogen and oxygen atoms in total. The summed E-state index contributed by atoms with van der Waals surface area (Å²) in [4.78, 5) is 14.4. The molecule has 1 aliphatic rings. The van der Waals surface area contributed by atoms with Crippen LogP contribution < -0.4 is 5.32 Å². The molecule has 1 aromatic carbocycles. The summed E-state index contributed by atoms with van der Waals surface area (Å²) < 4.78 is 0. The van der Waals surface area contributed by atoms with Crippen LogP contribution in [-0.2, 0) is 0 Å². The Morgan fingerprint density at radius 1 is 1.45 bits per heavy atom. The third-order valence-corrected chi connectivity index (χ3v) is 3.94. The lowest BCUT2D eigenvalue weighted by Gasteiger charge is -2.36. The number of halogens is 1. The number of amides is 1. The van der Waals surface area contributed by atoms with Gasteiger partial charge in [-0.25, -0.2) is 0 Å². The fourth-order valence-corrected chi connectivity index (χ4v) is 2.57. The van der Waals surface area contributed by atoms with E-state index < -0.39 is 5.60 Å². The minimum absolute atomic E-state index is 0.0287. The maximum absolute atomic E-state index is 12.6. The number of nitrogens with zero attached hydrogens (tertiary/aromatic N) is 1. The summed E-state index contributed by atoms with van der Waals surface area (Å²) in [6, 6.07) is 5.31. The Hall–Kier alpha value is -1.26. The summed E-state index contributed by atoms with van der Waals surface area (Å²) in [5.41, 5.74) is 0.746. The van der Waals surface area contributed by atoms with Gasteiger partial charge >= 0.3 is 0 Å². The van der Waals surface area contributed by atoms with Gasteiger partial charge in [-0.3, -0.25) is 4.79 Å².